The van der Waals surface area contributed by atoms with Gasteiger partial charge in [-0.1, -0.05) is 0 Å². The Balaban J connectivity index is 2.60. The van der Waals surface area contributed by atoms with Gasteiger partial charge < -0.3 is 0 Å². The van der Waals surface area contributed by atoms with E-state index in [1.165, 1.54) is 0 Å². The fourth-order valence-corrected chi connectivity index (χ4v) is 3.36. The molecule has 0 aromatic carbocycles. The van der Waals surface area contributed by atoms with Crippen LogP contribution in [0.25, 0.3) is 5.13 Å². The Bertz CT molecular complexity index is 683. The molecule has 0 fully saturated rings. The maximum Gasteiger partial charge on any atom is 0.416 e. The number of aryl methyl sites for hydroxylation is 3. The average molecular weight is 285 g/mol. The van der Waals surface area contributed by atoms with E-state index in [0.29, 0.717) is 5.13 Å². The van der Waals surface area contributed by atoms with Gasteiger partial charge in [0.05, 0.1) is 5.10 Å². The van der Waals surface area contributed by atoms with E-state index in [2.05, 4.69) is 10.2 Å². The van der Waals surface area contributed by atoms with Crippen molar-refractivity contribution in [2.75, 3.05) is 0 Å². The molecule has 0 aliphatic rings. The molecule has 8 heteroatoms. The summed E-state index contributed by atoms with van der Waals surface area (Å²) in [6.07, 6.45) is 0. The number of hydrogen-bond acceptors (Lipinski definition) is 5. The van der Waals surface area contributed by atoms with E-state index in [1.54, 1.807) is 0 Å². The molecule has 96 valence electrons. The lowest BCUT2D eigenvalue weighted by Gasteiger charge is -2.03. The number of nitrogens with two attached hydrogens (primary N) is 1. The zero-order chi connectivity index (χ0) is 13.5. The van der Waals surface area contributed by atoms with Gasteiger partial charge in [-0.3, -0.25) is 0 Å². The van der Waals surface area contributed by atoms with Crippen LogP contribution in [0.5, 0.6) is 0 Å². The molecule has 0 bridgehead atoms. The number of pyridine rings is 1. The van der Waals surface area contributed by atoms with Crippen LogP contribution in [0.1, 0.15) is 17.0 Å². The Morgan fingerprint density at radius 1 is 1.17 bits per heavy atom. The summed E-state index contributed by atoms with van der Waals surface area (Å²) in [6, 6.07) is 3.98. The van der Waals surface area contributed by atoms with Gasteiger partial charge in [-0.15, -0.1) is 0 Å². The van der Waals surface area contributed by atoms with Crippen LogP contribution < -0.4 is 9.71 Å². The normalized spacial score (nSPS) is 11.8. The maximum atomic E-state index is 11.2. The van der Waals surface area contributed by atoms with E-state index in [1.807, 2.05) is 37.5 Å². The van der Waals surface area contributed by atoms with Crippen molar-refractivity contribution in [3.63, 3.8) is 0 Å². The second kappa shape index (κ2) is 4.38. The van der Waals surface area contributed by atoms with Crippen LogP contribution in [0.2, 0.25) is 0 Å². The zero-order valence-electron chi connectivity index (χ0n) is 10.2. The molecule has 2 rings (SSSR count). The summed E-state index contributed by atoms with van der Waals surface area (Å²) >= 11 is 0.955. The highest BCUT2D eigenvalue weighted by molar-refractivity contribution is 7.91. The van der Waals surface area contributed by atoms with Crippen molar-refractivity contribution in [2.24, 2.45) is 5.14 Å². The smallest absolute Gasteiger partial charge is 0.222 e. The van der Waals surface area contributed by atoms with Crippen molar-refractivity contribution in [1.29, 1.82) is 0 Å². The average Bonchev–Trinajstić information content (AvgIpc) is 2.64. The van der Waals surface area contributed by atoms with Gasteiger partial charge in [0.1, 0.15) is 11.4 Å². The van der Waals surface area contributed by atoms with Gasteiger partial charge in [0, 0.05) is 0 Å². The van der Waals surface area contributed by atoms with Crippen LogP contribution in [0.15, 0.2) is 16.5 Å². The summed E-state index contributed by atoms with van der Waals surface area (Å²) in [7, 11) is -3.79. The van der Waals surface area contributed by atoms with E-state index in [0.717, 1.165) is 28.3 Å². The van der Waals surface area contributed by atoms with E-state index in [4.69, 9.17) is 5.14 Å². The zero-order valence-corrected chi connectivity index (χ0v) is 11.8. The Labute approximate surface area is 109 Å². The van der Waals surface area contributed by atoms with Crippen molar-refractivity contribution in [2.45, 2.75) is 25.1 Å². The first-order valence-electron chi connectivity index (χ1n) is 5.15. The third kappa shape index (κ3) is 2.40. The fraction of sp³-hybridized carbons (Fsp3) is 0.300. The molecule has 0 saturated carbocycles. The number of hydrogen-bond donors (Lipinski definition) is 1. The second-order valence-electron chi connectivity index (χ2n) is 4.05. The van der Waals surface area contributed by atoms with Crippen molar-refractivity contribution in [3.8, 4) is 5.13 Å². The number of primary sulfonamides is 1. The minimum absolute atomic E-state index is 0.177. The minimum atomic E-state index is -3.79. The highest BCUT2D eigenvalue weighted by atomic mass is 32.2. The van der Waals surface area contributed by atoms with Gasteiger partial charge in [-0.2, -0.15) is 4.57 Å². The lowest BCUT2D eigenvalue weighted by atomic mass is 10.2. The van der Waals surface area contributed by atoms with Crippen LogP contribution in [0.3, 0.4) is 0 Å². The van der Waals surface area contributed by atoms with Crippen molar-refractivity contribution in [3.05, 3.63) is 29.1 Å². The summed E-state index contributed by atoms with van der Waals surface area (Å²) in [5, 5.41) is 13.0. The quantitative estimate of drug-likeness (QED) is 0.808. The van der Waals surface area contributed by atoms with Gasteiger partial charge in [-0.25, -0.2) is 13.6 Å². The molecule has 0 spiro atoms. The lowest BCUT2D eigenvalue weighted by molar-refractivity contribution is -0.609. The summed E-state index contributed by atoms with van der Waals surface area (Å²) < 4.78 is 24.0. The molecular formula is C10H13N4O2S2+. The molecule has 2 aromatic rings. The minimum Gasteiger partial charge on any atom is -0.222 e. The first-order valence-corrected chi connectivity index (χ1v) is 7.52. The molecule has 0 radical (unpaired) electrons. The molecular weight excluding hydrogens is 272 g/mol. The van der Waals surface area contributed by atoms with Gasteiger partial charge in [0.15, 0.2) is 0 Å². The summed E-state index contributed by atoms with van der Waals surface area (Å²) in [5.74, 6) is 0. The Kier molecular flexibility index (Phi) is 3.18. The molecule has 0 aliphatic carbocycles. The Hall–Kier alpha value is -1.38. The Morgan fingerprint density at radius 3 is 2.17 bits per heavy atom. The maximum absolute atomic E-state index is 11.2. The van der Waals surface area contributed by atoms with Crippen LogP contribution in [0, 0.1) is 20.8 Å². The molecule has 0 aliphatic heterocycles. The SMILES string of the molecule is Cc1cc(C)[n+](-c2nnc(S(N)(=O)=O)s2)c(C)c1. The van der Waals surface area contributed by atoms with E-state index >= 15 is 0 Å². The fourth-order valence-electron chi connectivity index (χ4n) is 1.82. The van der Waals surface area contributed by atoms with Gasteiger partial charge in [0.2, 0.25) is 0 Å². The topological polar surface area (TPSA) is 89.8 Å². The van der Waals surface area contributed by atoms with Crippen LogP contribution in [-0.4, -0.2) is 18.6 Å². The third-order valence-corrected chi connectivity index (χ3v) is 4.63. The molecule has 2 N–H and O–H groups in total. The van der Waals surface area contributed by atoms with Gasteiger partial charge in [0.25, 0.3) is 14.4 Å². The third-order valence-electron chi connectivity index (χ3n) is 2.41. The lowest BCUT2D eigenvalue weighted by Crippen LogP contribution is -2.37. The largest absolute Gasteiger partial charge is 0.416 e. The van der Waals surface area contributed by atoms with Crippen molar-refractivity contribution in [1.82, 2.24) is 10.2 Å². The highest BCUT2D eigenvalue weighted by Gasteiger charge is 2.24. The van der Waals surface area contributed by atoms with Crippen molar-refractivity contribution >= 4 is 21.4 Å². The highest BCUT2D eigenvalue weighted by Crippen LogP contribution is 2.15. The monoisotopic (exact) mass is 285 g/mol. The first-order chi connectivity index (χ1) is 8.29. The first kappa shape index (κ1) is 13.1. The number of nitrogens with zero attached hydrogens (tertiary/aromatic N) is 3. The number of rotatable bonds is 2. The summed E-state index contributed by atoms with van der Waals surface area (Å²) in [6.45, 7) is 5.86. The predicted octanol–water partition coefficient (Wildman–Crippen LogP) is 0.387. The summed E-state index contributed by atoms with van der Waals surface area (Å²) in [5.41, 5.74) is 3.06. The van der Waals surface area contributed by atoms with Gasteiger partial charge >= 0.3 is 5.13 Å². The van der Waals surface area contributed by atoms with Crippen LogP contribution >= 0.6 is 11.3 Å². The van der Waals surface area contributed by atoms with E-state index < -0.39 is 10.0 Å². The van der Waals surface area contributed by atoms with E-state index in [-0.39, 0.29) is 4.34 Å². The van der Waals surface area contributed by atoms with E-state index in [9.17, 15) is 8.42 Å². The molecule has 0 saturated heterocycles. The molecule has 2 heterocycles. The number of sulfonamides is 1. The molecule has 0 atom stereocenters. The summed E-state index contributed by atoms with van der Waals surface area (Å²) in [4.78, 5) is 0. The van der Waals surface area contributed by atoms with Crippen LogP contribution in [-0.2, 0) is 10.0 Å². The molecule has 0 unspecified atom stereocenters. The molecule has 0 amide bonds. The predicted molar refractivity (Wildman–Crippen MR) is 67.0 cm³/mol. The standard InChI is InChI=1S/C10H13N4O2S2/c1-6-4-7(2)14(8(3)5-6)9-12-13-10(17-9)18(11,15)16/h4-5H,1-3H3,(H2,11,15,16)/q+1. The molecule has 2 aromatic heterocycles. The van der Waals surface area contributed by atoms with Crippen molar-refractivity contribution < 1.29 is 13.0 Å². The molecule has 6 nitrogen and oxygen atoms in total. The van der Waals surface area contributed by atoms with Crippen LogP contribution in [0.4, 0.5) is 0 Å². The second-order valence-corrected chi connectivity index (χ2v) is 6.74. The Morgan fingerprint density at radius 2 is 1.72 bits per heavy atom. The van der Waals surface area contributed by atoms with Gasteiger partial charge in [-0.05, 0) is 54.9 Å². The molecule has 18 heavy (non-hydrogen) atoms. The number of aromatic nitrogens is 3.